The average molecular weight is 211 g/mol. The molecule has 1 aromatic carbocycles. The maximum absolute atomic E-state index is 13.7. The minimum Gasteiger partial charge on any atom is -0.307 e. The molecule has 0 saturated carbocycles. The highest BCUT2D eigenvalue weighted by molar-refractivity contribution is 5.21. The lowest BCUT2D eigenvalue weighted by molar-refractivity contribution is 0.166. The van der Waals surface area contributed by atoms with E-state index in [-0.39, 0.29) is 11.9 Å². The summed E-state index contributed by atoms with van der Waals surface area (Å²) >= 11 is 0. The average Bonchev–Trinajstić information content (AvgIpc) is 2.20. The molecule has 3 atom stereocenters. The summed E-state index contributed by atoms with van der Waals surface area (Å²) in [5.74, 6) is 0.0926. The van der Waals surface area contributed by atoms with Crippen LogP contribution in [-0.4, -0.2) is 12.7 Å². The van der Waals surface area contributed by atoms with Crippen LogP contribution in [0.4, 0.5) is 8.78 Å². The molecule has 15 heavy (non-hydrogen) atoms. The first-order valence-corrected chi connectivity index (χ1v) is 5.29. The zero-order valence-electron chi connectivity index (χ0n) is 8.71. The number of nitrogens with one attached hydrogen (secondary N) is 1. The topological polar surface area (TPSA) is 12.0 Å². The second-order valence-electron chi connectivity index (χ2n) is 4.29. The third kappa shape index (κ3) is 2.34. The number of halogens is 2. The van der Waals surface area contributed by atoms with E-state index in [0.29, 0.717) is 12.3 Å². The van der Waals surface area contributed by atoms with Gasteiger partial charge in [0.2, 0.25) is 0 Å². The molecule has 0 aromatic heterocycles. The molecule has 0 radical (unpaired) electrons. The number of hydrogen-bond acceptors (Lipinski definition) is 1. The molecule has 1 aliphatic heterocycles. The van der Waals surface area contributed by atoms with Crippen LogP contribution in [0.25, 0.3) is 0 Å². The summed E-state index contributed by atoms with van der Waals surface area (Å²) in [5, 5.41) is 3.16. The molecule has 1 saturated heterocycles. The summed E-state index contributed by atoms with van der Waals surface area (Å²) < 4.78 is 26.4. The van der Waals surface area contributed by atoms with Gasteiger partial charge in [-0.25, -0.2) is 8.78 Å². The molecule has 0 amide bonds. The Labute approximate surface area is 88.5 Å². The second-order valence-corrected chi connectivity index (χ2v) is 4.29. The van der Waals surface area contributed by atoms with Crippen LogP contribution in [0.3, 0.4) is 0 Å². The lowest BCUT2D eigenvalue weighted by Crippen LogP contribution is -2.39. The molecule has 1 N–H and O–H groups in total. The first-order chi connectivity index (χ1) is 7.16. The van der Waals surface area contributed by atoms with E-state index < -0.39 is 6.17 Å². The number of alkyl halides is 1. The summed E-state index contributed by atoms with van der Waals surface area (Å²) in [6.07, 6.45) is -0.297. The summed E-state index contributed by atoms with van der Waals surface area (Å²) in [6, 6.07) is 5.77. The van der Waals surface area contributed by atoms with Gasteiger partial charge in [-0.1, -0.05) is 19.1 Å². The Hall–Kier alpha value is -0.960. The molecule has 1 aromatic rings. The van der Waals surface area contributed by atoms with Gasteiger partial charge in [-0.15, -0.1) is 0 Å². The van der Waals surface area contributed by atoms with Crippen LogP contribution in [-0.2, 0) is 0 Å². The SMILES string of the molecule is CC1CN[C@@H](c2ccc(F)cc2)C(F)C1. The lowest BCUT2D eigenvalue weighted by Gasteiger charge is -2.31. The van der Waals surface area contributed by atoms with Crippen LogP contribution in [0.15, 0.2) is 24.3 Å². The number of hydrogen-bond donors (Lipinski definition) is 1. The van der Waals surface area contributed by atoms with Crippen molar-refractivity contribution in [3.8, 4) is 0 Å². The van der Waals surface area contributed by atoms with Crippen LogP contribution in [0, 0.1) is 11.7 Å². The highest BCUT2D eigenvalue weighted by Crippen LogP contribution is 2.28. The van der Waals surface area contributed by atoms with Crippen LogP contribution in [0.1, 0.15) is 24.9 Å². The Morgan fingerprint density at radius 3 is 2.53 bits per heavy atom. The Balaban J connectivity index is 2.13. The van der Waals surface area contributed by atoms with Crippen molar-refractivity contribution in [1.82, 2.24) is 5.32 Å². The van der Waals surface area contributed by atoms with Crippen molar-refractivity contribution in [2.45, 2.75) is 25.6 Å². The van der Waals surface area contributed by atoms with E-state index in [4.69, 9.17) is 0 Å². The summed E-state index contributed by atoms with van der Waals surface area (Å²) in [7, 11) is 0. The fourth-order valence-corrected chi connectivity index (χ4v) is 2.06. The van der Waals surface area contributed by atoms with Crippen molar-refractivity contribution in [2.75, 3.05) is 6.54 Å². The quantitative estimate of drug-likeness (QED) is 0.753. The zero-order chi connectivity index (χ0) is 10.8. The Morgan fingerprint density at radius 2 is 1.93 bits per heavy atom. The fourth-order valence-electron chi connectivity index (χ4n) is 2.06. The minimum atomic E-state index is -0.876. The number of benzene rings is 1. The van der Waals surface area contributed by atoms with Crippen LogP contribution < -0.4 is 5.32 Å². The smallest absolute Gasteiger partial charge is 0.123 e. The largest absolute Gasteiger partial charge is 0.307 e. The van der Waals surface area contributed by atoms with Gasteiger partial charge in [0.25, 0.3) is 0 Å². The Morgan fingerprint density at radius 1 is 1.27 bits per heavy atom. The molecule has 2 rings (SSSR count). The maximum Gasteiger partial charge on any atom is 0.123 e. The fraction of sp³-hybridized carbons (Fsp3) is 0.500. The molecular weight excluding hydrogens is 196 g/mol. The lowest BCUT2D eigenvalue weighted by atomic mass is 9.90. The van der Waals surface area contributed by atoms with E-state index in [1.807, 2.05) is 6.92 Å². The van der Waals surface area contributed by atoms with Crippen molar-refractivity contribution in [1.29, 1.82) is 0 Å². The van der Waals surface area contributed by atoms with Gasteiger partial charge < -0.3 is 5.32 Å². The first kappa shape index (κ1) is 10.6. The Kier molecular flexibility index (Phi) is 3.00. The standard InChI is InChI=1S/C12H15F2N/c1-8-6-11(14)12(15-7-8)9-2-4-10(13)5-3-9/h2-5,8,11-12,15H,6-7H2,1H3/t8?,11?,12-/m0/s1. The molecule has 82 valence electrons. The second kappa shape index (κ2) is 4.27. The van der Waals surface area contributed by atoms with E-state index in [9.17, 15) is 8.78 Å². The van der Waals surface area contributed by atoms with Gasteiger partial charge in [-0.3, -0.25) is 0 Å². The number of piperidine rings is 1. The third-order valence-corrected chi connectivity index (χ3v) is 2.90. The van der Waals surface area contributed by atoms with E-state index in [0.717, 1.165) is 12.1 Å². The van der Waals surface area contributed by atoms with Gasteiger partial charge in [0.15, 0.2) is 0 Å². The minimum absolute atomic E-state index is 0.276. The van der Waals surface area contributed by atoms with E-state index in [2.05, 4.69) is 5.32 Å². The highest BCUT2D eigenvalue weighted by atomic mass is 19.1. The van der Waals surface area contributed by atoms with Crippen molar-refractivity contribution < 1.29 is 8.78 Å². The molecule has 1 nitrogen and oxygen atoms in total. The van der Waals surface area contributed by atoms with Crippen molar-refractivity contribution in [2.24, 2.45) is 5.92 Å². The van der Waals surface area contributed by atoms with Crippen LogP contribution in [0.5, 0.6) is 0 Å². The molecule has 0 bridgehead atoms. The van der Waals surface area contributed by atoms with Gasteiger partial charge in [0.05, 0.1) is 6.04 Å². The van der Waals surface area contributed by atoms with Crippen molar-refractivity contribution in [3.05, 3.63) is 35.6 Å². The van der Waals surface area contributed by atoms with Gasteiger partial charge in [-0.2, -0.15) is 0 Å². The first-order valence-electron chi connectivity index (χ1n) is 5.29. The maximum atomic E-state index is 13.7. The molecule has 1 aliphatic rings. The number of rotatable bonds is 1. The van der Waals surface area contributed by atoms with E-state index >= 15 is 0 Å². The summed E-state index contributed by atoms with van der Waals surface area (Å²) in [5.41, 5.74) is 0.829. The summed E-state index contributed by atoms with van der Waals surface area (Å²) in [4.78, 5) is 0. The van der Waals surface area contributed by atoms with Crippen LogP contribution >= 0.6 is 0 Å². The van der Waals surface area contributed by atoms with Crippen LogP contribution in [0.2, 0.25) is 0 Å². The van der Waals surface area contributed by atoms with Crippen molar-refractivity contribution in [3.63, 3.8) is 0 Å². The Bertz CT molecular complexity index is 323. The molecular formula is C12H15F2N. The van der Waals surface area contributed by atoms with E-state index in [1.165, 1.54) is 12.1 Å². The van der Waals surface area contributed by atoms with Crippen molar-refractivity contribution >= 4 is 0 Å². The highest BCUT2D eigenvalue weighted by Gasteiger charge is 2.28. The molecule has 1 heterocycles. The molecule has 2 unspecified atom stereocenters. The normalized spacial score (nSPS) is 31.5. The molecule has 0 spiro atoms. The van der Waals surface area contributed by atoms with Gasteiger partial charge in [-0.05, 0) is 36.6 Å². The monoisotopic (exact) mass is 211 g/mol. The predicted molar refractivity (Wildman–Crippen MR) is 55.8 cm³/mol. The predicted octanol–water partition coefficient (Wildman–Crippen LogP) is 2.83. The molecule has 1 fully saturated rings. The van der Waals surface area contributed by atoms with Gasteiger partial charge in [0.1, 0.15) is 12.0 Å². The molecule has 0 aliphatic carbocycles. The summed E-state index contributed by atoms with van der Waals surface area (Å²) in [6.45, 7) is 2.85. The van der Waals surface area contributed by atoms with Gasteiger partial charge >= 0.3 is 0 Å². The van der Waals surface area contributed by atoms with Gasteiger partial charge in [0, 0.05) is 0 Å². The zero-order valence-corrected chi connectivity index (χ0v) is 8.71. The third-order valence-electron chi connectivity index (χ3n) is 2.90. The molecule has 3 heteroatoms. The van der Waals surface area contributed by atoms with E-state index in [1.54, 1.807) is 12.1 Å².